The van der Waals surface area contributed by atoms with Crippen molar-refractivity contribution in [2.24, 2.45) is 0 Å². The summed E-state index contributed by atoms with van der Waals surface area (Å²) in [5.74, 6) is 0.724. The summed E-state index contributed by atoms with van der Waals surface area (Å²) < 4.78 is 6.91. The molecule has 0 saturated heterocycles. The van der Waals surface area contributed by atoms with Crippen molar-refractivity contribution in [3.8, 4) is 5.75 Å². The second-order valence-electron chi connectivity index (χ2n) is 4.56. The van der Waals surface area contributed by atoms with Gasteiger partial charge in [0.1, 0.15) is 11.9 Å². The first-order chi connectivity index (χ1) is 9.15. The summed E-state index contributed by atoms with van der Waals surface area (Å²) in [5, 5.41) is 10.9. The van der Waals surface area contributed by atoms with Crippen LogP contribution in [-0.2, 0) is 0 Å². The fraction of sp³-hybridized carbons (Fsp3) is 0.200. The van der Waals surface area contributed by atoms with Crippen LogP contribution in [-0.4, -0.2) is 5.11 Å². The van der Waals surface area contributed by atoms with Crippen molar-refractivity contribution in [3.63, 3.8) is 0 Å². The maximum absolute atomic E-state index is 10.2. The van der Waals surface area contributed by atoms with E-state index < -0.39 is 6.10 Å². The Balaban J connectivity index is 1.99. The largest absolute Gasteiger partial charge is 0.485 e. The van der Waals surface area contributed by atoms with Crippen LogP contribution >= 0.6 is 27.5 Å². The van der Waals surface area contributed by atoms with Gasteiger partial charge in [-0.25, -0.2) is 0 Å². The standard InChI is InChI=1S/C15H12BrClO2/c16-9-5-6-12(17)11(7-9)15-8-13(18)10-3-1-2-4-14(10)19-15/h1-7,13,15,18H,8H2. The minimum Gasteiger partial charge on any atom is -0.485 e. The molecular formula is C15H12BrClO2. The van der Waals surface area contributed by atoms with Gasteiger partial charge in [0, 0.05) is 27.0 Å². The van der Waals surface area contributed by atoms with Crippen molar-refractivity contribution in [1.82, 2.24) is 0 Å². The Kier molecular flexibility index (Phi) is 3.52. The third-order valence-corrected chi connectivity index (χ3v) is 4.13. The highest BCUT2D eigenvalue weighted by atomic mass is 79.9. The van der Waals surface area contributed by atoms with Crippen molar-refractivity contribution in [3.05, 3.63) is 63.1 Å². The van der Waals surface area contributed by atoms with Gasteiger partial charge in [0.2, 0.25) is 0 Å². The number of hydrogen-bond acceptors (Lipinski definition) is 2. The Labute approximate surface area is 125 Å². The number of benzene rings is 2. The van der Waals surface area contributed by atoms with Crippen LogP contribution in [0, 0.1) is 0 Å². The van der Waals surface area contributed by atoms with E-state index in [1.165, 1.54) is 0 Å². The molecule has 1 heterocycles. The average molecular weight is 340 g/mol. The lowest BCUT2D eigenvalue weighted by Crippen LogP contribution is -2.19. The quantitative estimate of drug-likeness (QED) is 0.819. The normalized spacial score (nSPS) is 21.6. The van der Waals surface area contributed by atoms with Crippen LogP contribution in [0.4, 0.5) is 0 Å². The number of halogens is 2. The summed E-state index contributed by atoms with van der Waals surface area (Å²) in [7, 11) is 0. The molecule has 2 atom stereocenters. The number of fused-ring (bicyclic) bond motifs is 1. The van der Waals surface area contributed by atoms with Crippen LogP contribution in [0.5, 0.6) is 5.75 Å². The van der Waals surface area contributed by atoms with E-state index >= 15 is 0 Å². The lowest BCUT2D eigenvalue weighted by molar-refractivity contribution is 0.0658. The molecule has 19 heavy (non-hydrogen) atoms. The van der Waals surface area contributed by atoms with Crippen molar-refractivity contribution in [1.29, 1.82) is 0 Å². The molecule has 0 spiro atoms. The second kappa shape index (κ2) is 5.16. The van der Waals surface area contributed by atoms with Crippen LogP contribution in [0.25, 0.3) is 0 Å². The predicted molar refractivity (Wildman–Crippen MR) is 78.5 cm³/mol. The van der Waals surface area contributed by atoms with E-state index in [9.17, 15) is 5.11 Å². The molecule has 2 aromatic rings. The lowest BCUT2D eigenvalue weighted by Gasteiger charge is -2.30. The van der Waals surface area contributed by atoms with Gasteiger partial charge in [0.05, 0.1) is 6.10 Å². The molecule has 1 aliphatic heterocycles. The molecule has 4 heteroatoms. The summed E-state index contributed by atoms with van der Waals surface area (Å²) in [4.78, 5) is 0. The van der Waals surface area contributed by atoms with E-state index in [1.54, 1.807) is 0 Å². The number of aliphatic hydroxyl groups is 1. The van der Waals surface area contributed by atoms with E-state index in [2.05, 4.69) is 15.9 Å². The van der Waals surface area contributed by atoms with Crippen molar-refractivity contribution >= 4 is 27.5 Å². The van der Waals surface area contributed by atoms with Gasteiger partial charge in [-0.05, 0) is 24.3 Å². The Bertz CT molecular complexity index is 615. The van der Waals surface area contributed by atoms with Crippen LogP contribution in [0.1, 0.15) is 29.8 Å². The zero-order valence-electron chi connectivity index (χ0n) is 10.0. The van der Waals surface area contributed by atoms with Gasteiger partial charge in [-0.15, -0.1) is 0 Å². The molecule has 0 aliphatic carbocycles. The Morgan fingerprint density at radius 1 is 1.16 bits per heavy atom. The third-order valence-electron chi connectivity index (χ3n) is 3.29. The summed E-state index contributed by atoms with van der Waals surface area (Å²) in [6, 6.07) is 13.2. The van der Waals surface area contributed by atoms with Gasteiger partial charge >= 0.3 is 0 Å². The zero-order chi connectivity index (χ0) is 13.4. The molecule has 2 nitrogen and oxygen atoms in total. The molecular weight excluding hydrogens is 328 g/mol. The first-order valence-corrected chi connectivity index (χ1v) is 7.21. The second-order valence-corrected chi connectivity index (χ2v) is 5.88. The Morgan fingerprint density at radius 3 is 2.79 bits per heavy atom. The zero-order valence-corrected chi connectivity index (χ0v) is 12.4. The lowest BCUT2D eigenvalue weighted by atomic mass is 9.95. The third kappa shape index (κ3) is 2.50. The van der Waals surface area contributed by atoms with Crippen molar-refractivity contribution in [2.45, 2.75) is 18.6 Å². The molecule has 0 saturated carbocycles. The first-order valence-electron chi connectivity index (χ1n) is 6.04. The van der Waals surface area contributed by atoms with Crippen molar-refractivity contribution in [2.75, 3.05) is 0 Å². The van der Waals surface area contributed by atoms with Gasteiger partial charge in [-0.1, -0.05) is 45.7 Å². The molecule has 0 radical (unpaired) electrons. The highest BCUT2D eigenvalue weighted by Gasteiger charge is 2.28. The number of rotatable bonds is 1. The molecule has 3 rings (SSSR count). The van der Waals surface area contributed by atoms with E-state index in [0.29, 0.717) is 11.4 Å². The summed E-state index contributed by atoms with van der Waals surface area (Å²) in [6.07, 6.45) is -0.243. The maximum Gasteiger partial charge on any atom is 0.128 e. The summed E-state index contributed by atoms with van der Waals surface area (Å²) >= 11 is 9.65. The minimum absolute atomic E-state index is 0.227. The molecule has 0 aromatic heterocycles. The Morgan fingerprint density at radius 2 is 1.95 bits per heavy atom. The number of hydrogen-bond donors (Lipinski definition) is 1. The number of para-hydroxylation sites is 1. The number of ether oxygens (including phenoxy) is 1. The highest BCUT2D eigenvalue weighted by Crippen LogP contribution is 2.42. The van der Waals surface area contributed by atoms with E-state index in [4.69, 9.17) is 16.3 Å². The number of aliphatic hydroxyl groups excluding tert-OH is 1. The van der Waals surface area contributed by atoms with E-state index in [1.807, 2.05) is 42.5 Å². The molecule has 2 aromatic carbocycles. The van der Waals surface area contributed by atoms with Gasteiger partial charge in [-0.3, -0.25) is 0 Å². The molecule has 1 aliphatic rings. The van der Waals surface area contributed by atoms with Crippen molar-refractivity contribution < 1.29 is 9.84 Å². The monoisotopic (exact) mass is 338 g/mol. The fourth-order valence-electron chi connectivity index (χ4n) is 2.35. The molecule has 0 bridgehead atoms. The summed E-state index contributed by atoms with van der Waals surface area (Å²) in [5.41, 5.74) is 1.73. The average Bonchev–Trinajstić information content (AvgIpc) is 2.41. The van der Waals surface area contributed by atoms with E-state index in [0.717, 1.165) is 21.3 Å². The van der Waals surface area contributed by atoms with Gasteiger partial charge < -0.3 is 9.84 Å². The predicted octanol–water partition coefficient (Wildman–Crippen LogP) is 4.66. The van der Waals surface area contributed by atoms with Crippen LogP contribution < -0.4 is 4.74 Å². The molecule has 0 fully saturated rings. The molecule has 2 unspecified atom stereocenters. The van der Waals surface area contributed by atoms with Gasteiger partial charge in [0.25, 0.3) is 0 Å². The van der Waals surface area contributed by atoms with Gasteiger partial charge in [0.15, 0.2) is 0 Å². The first kappa shape index (κ1) is 13.0. The summed E-state index contributed by atoms with van der Waals surface area (Å²) in [6.45, 7) is 0. The molecule has 1 N–H and O–H groups in total. The smallest absolute Gasteiger partial charge is 0.128 e. The molecule has 0 amide bonds. The SMILES string of the molecule is OC1CC(c2cc(Br)ccc2Cl)Oc2ccccc21. The van der Waals surface area contributed by atoms with E-state index in [-0.39, 0.29) is 6.10 Å². The molecule has 98 valence electrons. The topological polar surface area (TPSA) is 29.5 Å². The Hall–Kier alpha value is -1.03. The van der Waals surface area contributed by atoms with Crippen LogP contribution in [0.2, 0.25) is 5.02 Å². The maximum atomic E-state index is 10.2. The fourth-order valence-corrected chi connectivity index (χ4v) is 2.96. The van der Waals surface area contributed by atoms with Crippen LogP contribution in [0.15, 0.2) is 46.9 Å². The van der Waals surface area contributed by atoms with Crippen LogP contribution in [0.3, 0.4) is 0 Å². The van der Waals surface area contributed by atoms with Gasteiger partial charge in [-0.2, -0.15) is 0 Å². The highest BCUT2D eigenvalue weighted by molar-refractivity contribution is 9.10. The minimum atomic E-state index is -0.523.